The van der Waals surface area contributed by atoms with Crippen LogP contribution in [0.2, 0.25) is 0 Å². The lowest BCUT2D eigenvalue weighted by Gasteiger charge is -2.28. The Morgan fingerprint density at radius 1 is 0.606 bits per heavy atom. The second kappa shape index (κ2) is 12.8. The van der Waals surface area contributed by atoms with E-state index in [-0.39, 0.29) is 38.8 Å². The lowest BCUT2D eigenvalue weighted by molar-refractivity contribution is -0.284. The Bertz CT molecular complexity index is 616. The van der Waals surface area contributed by atoms with Crippen LogP contribution in [0.5, 0.6) is 0 Å². The van der Waals surface area contributed by atoms with Crippen molar-refractivity contribution in [3.05, 3.63) is 0 Å². The van der Waals surface area contributed by atoms with Gasteiger partial charge in [0.05, 0.1) is 10.5 Å². The van der Waals surface area contributed by atoms with E-state index in [1.54, 1.807) is 0 Å². The molecule has 0 spiro atoms. The van der Waals surface area contributed by atoms with E-state index in [0.717, 1.165) is 0 Å². The molecule has 0 aromatic heterocycles. The molecular formula is C18H30F10N2O2S. The molecule has 0 aliphatic rings. The summed E-state index contributed by atoms with van der Waals surface area (Å²) in [6, 6.07) is 0. The maximum Gasteiger partial charge on any atom is 0.453 e. The lowest BCUT2D eigenvalue weighted by Crippen LogP contribution is -2.41. The molecule has 15 heteroatoms. The molecule has 0 rings (SSSR count). The molecule has 0 saturated carbocycles. The normalized spacial score (nSPS) is 16.1. The molecule has 2 atom stereocenters. The zero-order chi connectivity index (χ0) is 26.1. The van der Waals surface area contributed by atoms with Gasteiger partial charge in [-0.2, -0.15) is 43.9 Å². The van der Waals surface area contributed by atoms with Crippen molar-refractivity contribution in [2.75, 3.05) is 27.2 Å². The van der Waals surface area contributed by atoms with Gasteiger partial charge in [0.15, 0.2) is 9.84 Å². The zero-order valence-corrected chi connectivity index (χ0v) is 19.0. The van der Waals surface area contributed by atoms with E-state index in [0.29, 0.717) is 0 Å². The molecule has 0 heterocycles. The van der Waals surface area contributed by atoms with Gasteiger partial charge in [-0.05, 0) is 65.7 Å². The van der Waals surface area contributed by atoms with Gasteiger partial charge in [-0.3, -0.25) is 0 Å². The molecule has 2 N–H and O–H groups in total. The lowest BCUT2D eigenvalue weighted by atomic mass is 10.1. The summed E-state index contributed by atoms with van der Waals surface area (Å²) >= 11 is 0. The largest absolute Gasteiger partial charge is 0.453 e. The molecule has 0 fully saturated rings. The van der Waals surface area contributed by atoms with Crippen molar-refractivity contribution in [1.82, 2.24) is 10.6 Å². The maximum absolute atomic E-state index is 13.4. The maximum atomic E-state index is 13.4. The topological polar surface area (TPSA) is 58.2 Å². The summed E-state index contributed by atoms with van der Waals surface area (Å²) in [6.45, 7) is 0.385. The number of nitrogens with one attached hydrogen (secondary N) is 2. The molecule has 200 valence electrons. The average molecular weight is 528 g/mol. The van der Waals surface area contributed by atoms with Crippen molar-refractivity contribution in [3.63, 3.8) is 0 Å². The Morgan fingerprint density at radius 2 is 0.909 bits per heavy atom. The van der Waals surface area contributed by atoms with Gasteiger partial charge in [-0.25, -0.2) is 8.42 Å². The highest BCUT2D eigenvalue weighted by Crippen LogP contribution is 2.42. The first kappa shape index (κ1) is 32.2. The average Bonchev–Trinajstić information content (AvgIpc) is 2.64. The van der Waals surface area contributed by atoms with Crippen molar-refractivity contribution >= 4 is 9.84 Å². The fourth-order valence-corrected chi connectivity index (χ4v) is 5.63. The van der Waals surface area contributed by atoms with Crippen molar-refractivity contribution in [3.8, 4) is 0 Å². The summed E-state index contributed by atoms with van der Waals surface area (Å²) in [6.07, 6.45) is -18.3. The SMILES string of the molecule is CNCCCC(CCC(F)(F)C(F)(F)F)S(=O)(=O)C(CCCNC)CCC(F)(F)C(F)(F)F. The van der Waals surface area contributed by atoms with Gasteiger partial charge < -0.3 is 10.6 Å². The first-order chi connectivity index (χ1) is 14.8. The van der Waals surface area contributed by atoms with Gasteiger partial charge in [0, 0.05) is 12.8 Å². The highest BCUT2D eigenvalue weighted by molar-refractivity contribution is 7.92. The van der Waals surface area contributed by atoms with Crippen LogP contribution in [0.1, 0.15) is 51.4 Å². The van der Waals surface area contributed by atoms with E-state index in [9.17, 15) is 52.3 Å². The number of hydrogen-bond acceptors (Lipinski definition) is 4. The molecule has 0 amide bonds. The minimum atomic E-state index is -5.91. The molecule has 0 aromatic rings. The van der Waals surface area contributed by atoms with Gasteiger partial charge in [0.25, 0.3) is 0 Å². The zero-order valence-electron chi connectivity index (χ0n) is 18.2. The second-order valence-corrected chi connectivity index (χ2v) is 10.3. The van der Waals surface area contributed by atoms with Gasteiger partial charge in [0.2, 0.25) is 0 Å². The molecule has 2 unspecified atom stereocenters. The van der Waals surface area contributed by atoms with Crippen LogP contribution >= 0.6 is 0 Å². The molecule has 0 bridgehead atoms. The molecular weight excluding hydrogens is 498 g/mol. The summed E-state index contributed by atoms with van der Waals surface area (Å²) in [4.78, 5) is 0. The molecule has 0 saturated heterocycles. The molecule has 0 radical (unpaired) electrons. The van der Waals surface area contributed by atoms with Crippen LogP contribution in [-0.2, 0) is 9.84 Å². The minimum Gasteiger partial charge on any atom is -0.320 e. The minimum absolute atomic E-state index is 0.0555. The van der Waals surface area contributed by atoms with Crippen molar-refractivity contribution < 1.29 is 52.3 Å². The van der Waals surface area contributed by atoms with E-state index in [1.807, 2.05) is 0 Å². The van der Waals surface area contributed by atoms with Crippen molar-refractivity contribution in [2.24, 2.45) is 0 Å². The van der Waals surface area contributed by atoms with E-state index in [2.05, 4.69) is 10.6 Å². The van der Waals surface area contributed by atoms with Crippen LogP contribution in [0.4, 0.5) is 43.9 Å². The number of rotatable bonds is 16. The molecule has 0 aromatic carbocycles. The molecule has 33 heavy (non-hydrogen) atoms. The first-order valence-corrected chi connectivity index (χ1v) is 11.9. The van der Waals surface area contributed by atoms with Gasteiger partial charge in [-0.1, -0.05) is 0 Å². The monoisotopic (exact) mass is 528 g/mol. The summed E-state index contributed by atoms with van der Waals surface area (Å²) in [5.41, 5.74) is 0. The van der Waals surface area contributed by atoms with Gasteiger partial charge in [-0.15, -0.1) is 0 Å². The van der Waals surface area contributed by atoms with E-state index in [1.165, 1.54) is 14.1 Å². The third-order valence-corrected chi connectivity index (χ3v) is 8.03. The molecule has 0 aliphatic heterocycles. The fourth-order valence-electron chi connectivity index (χ4n) is 3.20. The fraction of sp³-hybridized carbons (Fsp3) is 1.00. The highest BCUT2D eigenvalue weighted by atomic mass is 32.2. The predicted octanol–water partition coefficient (Wildman–Crippen LogP) is 5.09. The Balaban J connectivity index is 5.81. The van der Waals surface area contributed by atoms with E-state index in [4.69, 9.17) is 0 Å². The van der Waals surface area contributed by atoms with E-state index < -0.39 is 70.2 Å². The second-order valence-electron chi connectivity index (χ2n) is 7.81. The number of alkyl halides is 10. The number of sulfone groups is 1. The van der Waals surface area contributed by atoms with Gasteiger partial charge in [0.1, 0.15) is 0 Å². The van der Waals surface area contributed by atoms with E-state index >= 15 is 0 Å². The summed E-state index contributed by atoms with van der Waals surface area (Å²) in [5.74, 6) is -10.3. The Morgan fingerprint density at radius 3 is 1.15 bits per heavy atom. The van der Waals surface area contributed by atoms with Crippen LogP contribution in [0.15, 0.2) is 0 Å². The summed E-state index contributed by atoms with van der Waals surface area (Å²) in [7, 11) is -1.64. The smallest absolute Gasteiger partial charge is 0.320 e. The van der Waals surface area contributed by atoms with Crippen LogP contribution in [0, 0.1) is 0 Å². The first-order valence-electron chi connectivity index (χ1n) is 10.2. The summed E-state index contributed by atoms with van der Waals surface area (Å²) < 4.78 is 155. The number of halogens is 10. The summed E-state index contributed by atoms with van der Waals surface area (Å²) in [5, 5.41) is 1.79. The Hall–Kier alpha value is -0.830. The quantitative estimate of drug-likeness (QED) is 0.216. The number of hydrogen-bond donors (Lipinski definition) is 2. The van der Waals surface area contributed by atoms with Crippen LogP contribution in [0.25, 0.3) is 0 Å². The Kier molecular flexibility index (Phi) is 12.4. The van der Waals surface area contributed by atoms with Gasteiger partial charge >= 0.3 is 24.2 Å². The predicted molar refractivity (Wildman–Crippen MR) is 103 cm³/mol. The Labute approximate surface area is 186 Å². The van der Waals surface area contributed by atoms with Crippen LogP contribution in [-0.4, -0.2) is 70.3 Å². The standard InChI is InChI=1S/C18H30F10N2O2S/c1-29-11-3-5-13(7-9-15(19,20)17(23,24)25)33(31,32)14(6-4-12-30-2)8-10-16(21,22)18(26,27)28/h13-14,29-30H,3-12H2,1-2H3. The third-order valence-electron chi connectivity index (χ3n) is 5.23. The highest BCUT2D eigenvalue weighted by Gasteiger charge is 2.58. The van der Waals surface area contributed by atoms with Crippen molar-refractivity contribution in [2.45, 2.75) is 86.1 Å². The van der Waals surface area contributed by atoms with Crippen LogP contribution in [0.3, 0.4) is 0 Å². The third kappa shape index (κ3) is 10.1. The molecule has 4 nitrogen and oxygen atoms in total. The van der Waals surface area contributed by atoms with Crippen molar-refractivity contribution in [1.29, 1.82) is 0 Å². The molecule has 0 aliphatic carbocycles. The van der Waals surface area contributed by atoms with Crippen LogP contribution < -0.4 is 10.6 Å².